The Labute approximate surface area is 57.9 Å². The first kappa shape index (κ1) is 8.65. The average Bonchev–Trinajstić information content (AvgIpc) is 1.82. The van der Waals surface area contributed by atoms with Crippen LogP contribution in [0.2, 0.25) is 0 Å². The minimum absolute atomic E-state index is 0.0121. The van der Waals surface area contributed by atoms with Crippen molar-refractivity contribution in [1.29, 1.82) is 0 Å². The quantitative estimate of drug-likeness (QED) is 0.342. The molecule has 0 rings (SSSR count). The van der Waals surface area contributed by atoms with Crippen LogP contribution in [0.25, 0.3) is 0 Å². The molecule has 0 radical (unpaired) electrons. The number of nitro groups is 1. The summed E-state index contributed by atoms with van der Waals surface area (Å²) in [4.78, 5) is 9.48. The van der Waals surface area contributed by atoms with Gasteiger partial charge in [-0.15, -0.1) is 0 Å². The Morgan fingerprint density at radius 2 is 2.44 bits per heavy atom. The summed E-state index contributed by atoms with van der Waals surface area (Å²) >= 11 is 5.11. The molecule has 0 amide bonds. The van der Waals surface area contributed by atoms with Crippen LogP contribution in [0.5, 0.6) is 0 Å². The van der Waals surface area contributed by atoms with Crippen LogP contribution in [0, 0.1) is 10.1 Å². The molecule has 54 valence electrons. The minimum atomic E-state index is -0.663. The monoisotopic (exact) mass is 153 g/mol. The summed E-state index contributed by atoms with van der Waals surface area (Å²) in [7, 11) is 0. The molecule has 0 saturated carbocycles. The van der Waals surface area contributed by atoms with E-state index in [9.17, 15) is 10.1 Å². The molecule has 0 fully saturated rings. The molecule has 0 saturated heterocycles. The van der Waals surface area contributed by atoms with E-state index in [1.54, 1.807) is 0 Å². The van der Waals surface area contributed by atoms with Crippen molar-refractivity contribution in [3.05, 3.63) is 10.1 Å². The highest BCUT2D eigenvalue weighted by molar-refractivity contribution is 6.17. The van der Waals surface area contributed by atoms with Crippen molar-refractivity contribution in [2.24, 2.45) is 0 Å². The Hall–Kier alpha value is -0.350. The standard InChI is InChI=1S/C4H8ClNO3/c1-4(6(7)8)2-9-3-5/h4H,2-3H2,1H3. The molecule has 0 aromatic heterocycles. The molecular formula is C4H8ClNO3. The van der Waals surface area contributed by atoms with Gasteiger partial charge in [0.05, 0.1) is 0 Å². The van der Waals surface area contributed by atoms with Crippen molar-refractivity contribution < 1.29 is 9.66 Å². The average molecular weight is 154 g/mol. The molecule has 0 aromatic rings. The van der Waals surface area contributed by atoms with Crippen molar-refractivity contribution in [3.63, 3.8) is 0 Å². The van der Waals surface area contributed by atoms with Crippen molar-refractivity contribution >= 4 is 11.6 Å². The fraction of sp³-hybridized carbons (Fsp3) is 1.00. The third-order valence-electron chi connectivity index (χ3n) is 0.796. The second-order valence-electron chi connectivity index (χ2n) is 1.61. The molecule has 9 heavy (non-hydrogen) atoms. The van der Waals surface area contributed by atoms with Gasteiger partial charge in [0.1, 0.15) is 12.7 Å². The predicted molar refractivity (Wildman–Crippen MR) is 33.1 cm³/mol. The van der Waals surface area contributed by atoms with Crippen LogP contribution in [0.4, 0.5) is 0 Å². The van der Waals surface area contributed by atoms with Gasteiger partial charge in [-0.3, -0.25) is 10.1 Å². The number of rotatable bonds is 4. The van der Waals surface area contributed by atoms with Crippen LogP contribution < -0.4 is 0 Å². The van der Waals surface area contributed by atoms with Crippen LogP contribution >= 0.6 is 11.6 Å². The third kappa shape index (κ3) is 4.17. The van der Waals surface area contributed by atoms with Crippen LogP contribution in [0.1, 0.15) is 6.92 Å². The predicted octanol–water partition coefficient (Wildman–Crippen LogP) is 0.865. The van der Waals surface area contributed by atoms with Crippen molar-refractivity contribution in [2.45, 2.75) is 13.0 Å². The number of alkyl halides is 1. The SMILES string of the molecule is CC(COCCl)[N+](=O)[O-]. The van der Waals surface area contributed by atoms with E-state index in [4.69, 9.17) is 11.6 Å². The normalized spacial score (nSPS) is 13.1. The largest absolute Gasteiger partial charge is 0.359 e. The lowest BCUT2D eigenvalue weighted by molar-refractivity contribution is -0.521. The highest BCUT2D eigenvalue weighted by Crippen LogP contribution is 1.89. The number of ether oxygens (including phenoxy) is 1. The maximum Gasteiger partial charge on any atom is 0.233 e. The second kappa shape index (κ2) is 4.52. The zero-order valence-corrected chi connectivity index (χ0v) is 5.80. The third-order valence-corrected chi connectivity index (χ3v) is 0.950. The summed E-state index contributed by atoms with van der Waals surface area (Å²) in [6.45, 7) is 1.54. The van der Waals surface area contributed by atoms with Crippen molar-refractivity contribution in [3.8, 4) is 0 Å². The van der Waals surface area contributed by atoms with Gasteiger partial charge >= 0.3 is 0 Å². The van der Waals surface area contributed by atoms with E-state index in [-0.39, 0.29) is 12.7 Å². The first-order valence-corrected chi connectivity index (χ1v) is 2.99. The fourth-order valence-electron chi connectivity index (χ4n) is 0.276. The molecule has 0 aliphatic heterocycles. The van der Waals surface area contributed by atoms with Crippen LogP contribution in [-0.4, -0.2) is 23.6 Å². The first-order chi connectivity index (χ1) is 4.18. The van der Waals surface area contributed by atoms with E-state index in [1.807, 2.05) is 0 Å². The number of halogens is 1. The minimum Gasteiger partial charge on any atom is -0.359 e. The topological polar surface area (TPSA) is 52.4 Å². The Balaban J connectivity index is 3.27. The number of nitrogens with zero attached hydrogens (tertiary/aromatic N) is 1. The van der Waals surface area contributed by atoms with Crippen LogP contribution in [0.15, 0.2) is 0 Å². The second-order valence-corrected chi connectivity index (χ2v) is 1.83. The van der Waals surface area contributed by atoms with Gasteiger partial charge in [0, 0.05) is 11.8 Å². The maximum absolute atomic E-state index is 9.89. The Bertz CT molecular complexity index is 97.8. The van der Waals surface area contributed by atoms with E-state index in [1.165, 1.54) is 6.92 Å². The van der Waals surface area contributed by atoms with Gasteiger partial charge in [-0.05, 0) is 0 Å². The molecule has 0 spiro atoms. The van der Waals surface area contributed by atoms with Gasteiger partial charge in [-0.25, -0.2) is 0 Å². The molecule has 1 unspecified atom stereocenters. The van der Waals surface area contributed by atoms with Gasteiger partial charge < -0.3 is 4.74 Å². The van der Waals surface area contributed by atoms with E-state index in [2.05, 4.69) is 4.74 Å². The van der Waals surface area contributed by atoms with Gasteiger partial charge in [0.15, 0.2) is 0 Å². The summed E-state index contributed by atoms with van der Waals surface area (Å²) in [5.41, 5.74) is 0. The molecule has 0 bridgehead atoms. The molecule has 5 heteroatoms. The van der Waals surface area contributed by atoms with Crippen molar-refractivity contribution in [1.82, 2.24) is 0 Å². The Kier molecular flexibility index (Phi) is 4.35. The molecule has 0 aliphatic carbocycles. The lowest BCUT2D eigenvalue weighted by Crippen LogP contribution is -2.21. The van der Waals surface area contributed by atoms with E-state index in [0.717, 1.165) is 0 Å². The van der Waals surface area contributed by atoms with E-state index < -0.39 is 11.0 Å². The van der Waals surface area contributed by atoms with Crippen molar-refractivity contribution in [2.75, 3.05) is 12.7 Å². The molecule has 0 N–H and O–H groups in total. The molecule has 1 atom stereocenters. The van der Waals surface area contributed by atoms with Crippen LogP contribution in [0.3, 0.4) is 0 Å². The van der Waals surface area contributed by atoms with Gasteiger partial charge in [0.25, 0.3) is 0 Å². The fourth-order valence-corrected chi connectivity index (χ4v) is 0.365. The Morgan fingerprint density at radius 1 is 1.89 bits per heavy atom. The highest BCUT2D eigenvalue weighted by atomic mass is 35.5. The molecule has 0 aliphatic rings. The Morgan fingerprint density at radius 3 is 2.78 bits per heavy atom. The number of hydrogen-bond donors (Lipinski definition) is 0. The van der Waals surface area contributed by atoms with Gasteiger partial charge in [0.2, 0.25) is 6.04 Å². The lowest BCUT2D eigenvalue weighted by atomic mass is 10.4. The summed E-state index contributed by atoms with van der Waals surface area (Å²) in [6.07, 6.45) is 0. The zero-order valence-electron chi connectivity index (χ0n) is 5.04. The molecule has 0 aromatic carbocycles. The molecule has 0 heterocycles. The maximum atomic E-state index is 9.89. The van der Waals surface area contributed by atoms with Gasteiger partial charge in [-0.1, -0.05) is 11.6 Å². The smallest absolute Gasteiger partial charge is 0.233 e. The lowest BCUT2D eigenvalue weighted by Gasteiger charge is -2.00. The first-order valence-electron chi connectivity index (χ1n) is 2.45. The summed E-state index contributed by atoms with van der Waals surface area (Å²) in [5, 5.41) is 9.89. The zero-order chi connectivity index (χ0) is 7.28. The van der Waals surface area contributed by atoms with Gasteiger partial charge in [-0.2, -0.15) is 0 Å². The summed E-state index contributed by atoms with van der Waals surface area (Å²) in [6, 6.07) is -0.651. The van der Waals surface area contributed by atoms with E-state index >= 15 is 0 Å². The summed E-state index contributed by atoms with van der Waals surface area (Å²) in [5.74, 6) is 0. The summed E-state index contributed by atoms with van der Waals surface area (Å²) < 4.78 is 4.58. The molecule has 4 nitrogen and oxygen atoms in total. The highest BCUT2D eigenvalue weighted by Gasteiger charge is 2.11. The van der Waals surface area contributed by atoms with E-state index in [0.29, 0.717) is 0 Å². The number of hydrogen-bond acceptors (Lipinski definition) is 3. The van der Waals surface area contributed by atoms with Crippen LogP contribution in [-0.2, 0) is 4.74 Å². The molecular weight excluding hydrogens is 146 g/mol.